The molecule has 0 bridgehead atoms. The summed E-state index contributed by atoms with van der Waals surface area (Å²) in [5.41, 5.74) is -0.439. The number of aromatic carboxylic acids is 1. The summed E-state index contributed by atoms with van der Waals surface area (Å²) in [7, 11) is 0. The van der Waals surface area contributed by atoms with Crippen LogP contribution in [0.5, 0.6) is 5.75 Å². The van der Waals surface area contributed by atoms with Crippen molar-refractivity contribution in [2.75, 3.05) is 0 Å². The van der Waals surface area contributed by atoms with Gasteiger partial charge in [-0.3, -0.25) is 10.1 Å². The Bertz CT molecular complexity index is 720. The Kier molecular flexibility index (Phi) is 6.64. The number of nitro benzene ring substituents is 1. The average Bonchev–Trinajstić information content (AvgIpc) is 2.48. The summed E-state index contributed by atoms with van der Waals surface area (Å²) in [6.45, 7) is 0. The van der Waals surface area contributed by atoms with Gasteiger partial charge in [0, 0.05) is 16.9 Å². The Labute approximate surface area is 146 Å². The van der Waals surface area contributed by atoms with E-state index in [1.807, 2.05) is 0 Å². The third-order valence-corrected chi connectivity index (χ3v) is 2.47. The Morgan fingerprint density at radius 2 is 1.73 bits per heavy atom. The molecule has 0 aliphatic heterocycles. The van der Waals surface area contributed by atoms with Crippen LogP contribution in [0.15, 0.2) is 58.9 Å². The van der Waals surface area contributed by atoms with Crippen LogP contribution in [0.3, 0.4) is 0 Å². The normalized spacial score (nSPS) is 10.0. The van der Waals surface area contributed by atoms with Crippen LogP contribution in [0.25, 0.3) is 0 Å². The maximum atomic E-state index is 10.8. The SMILES string of the molecule is O=C([O-])c1ccccc1ON=Nc1ccccc1[N+](=O)[O-].[Na+]. The summed E-state index contributed by atoms with van der Waals surface area (Å²) in [6, 6.07) is 11.4. The minimum absolute atomic E-state index is 0. The fraction of sp³-hybridized carbons (Fsp3) is 0. The van der Waals surface area contributed by atoms with Crippen LogP contribution in [0.4, 0.5) is 11.4 Å². The number of carboxylic acid groups (broad SMARTS) is 1. The van der Waals surface area contributed by atoms with Crippen molar-refractivity contribution in [1.82, 2.24) is 0 Å². The second kappa shape index (κ2) is 8.23. The standard InChI is InChI=1S/C13H9N3O5.Na/c17-13(18)9-5-1-4-8-12(9)21-15-14-10-6-2-3-7-11(10)16(19)20;/h1-8H,(H,17,18);/q;+1/p-1. The molecule has 0 heterocycles. The molecule has 0 amide bonds. The van der Waals surface area contributed by atoms with Gasteiger partial charge >= 0.3 is 29.6 Å². The molecule has 0 aliphatic carbocycles. The number of para-hydroxylation sites is 2. The predicted octanol–water partition coefficient (Wildman–Crippen LogP) is -0.960. The molecule has 0 spiro atoms. The second-order valence-electron chi connectivity index (χ2n) is 3.80. The van der Waals surface area contributed by atoms with Crippen molar-refractivity contribution in [2.24, 2.45) is 10.4 Å². The Hall–Kier alpha value is -2.29. The number of benzene rings is 2. The number of nitrogens with zero attached hydrogens (tertiary/aromatic N) is 3. The molecule has 2 rings (SSSR count). The van der Waals surface area contributed by atoms with Crippen LogP contribution in [-0.4, -0.2) is 10.9 Å². The molecular weight excluding hydrogens is 301 g/mol. The van der Waals surface area contributed by atoms with Gasteiger partial charge in [0.05, 0.1) is 10.9 Å². The number of rotatable bonds is 5. The van der Waals surface area contributed by atoms with Gasteiger partial charge in [-0.15, -0.1) is 5.11 Å². The van der Waals surface area contributed by atoms with Crippen molar-refractivity contribution in [2.45, 2.75) is 0 Å². The van der Waals surface area contributed by atoms with Gasteiger partial charge in [0.2, 0.25) is 0 Å². The van der Waals surface area contributed by atoms with Crippen molar-refractivity contribution in [1.29, 1.82) is 0 Å². The van der Waals surface area contributed by atoms with Gasteiger partial charge in [0.15, 0.2) is 11.4 Å². The molecule has 22 heavy (non-hydrogen) atoms. The molecule has 0 aromatic heterocycles. The maximum absolute atomic E-state index is 10.8. The molecule has 0 saturated heterocycles. The van der Waals surface area contributed by atoms with E-state index in [1.54, 1.807) is 12.1 Å². The molecule has 0 unspecified atom stereocenters. The summed E-state index contributed by atoms with van der Waals surface area (Å²) in [4.78, 5) is 25.9. The largest absolute Gasteiger partial charge is 1.00 e. The molecule has 0 N–H and O–H groups in total. The first kappa shape index (κ1) is 17.8. The van der Waals surface area contributed by atoms with Crippen molar-refractivity contribution in [3.63, 3.8) is 0 Å². The van der Waals surface area contributed by atoms with Crippen LogP contribution in [0.2, 0.25) is 0 Å². The fourth-order valence-electron chi connectivity index (χ4n) is 1.53. The first-order chi connectivity index (χ1) is 10.1. The third-order valence-electron chi connectivity index (χ3n) is 2.47. The number of carbonyl (C=O) groups excluding carboxylic acids is 1. The van der Waals surface area contributed by atoms with Crippen LogP contribution in [0, 0.1) is 10.1 Å². The molecule has 0 fully saturated rings. The summed E-state index contributed by atoms with van der Waals surface area (Å²) in [6.07, 6.45) is 0. The number of carbonyl (C=O) groups is 1. The summed E-state index contributed by atoms with van der Waals surface area (Å²) >= 11 is 0. The van der Waals surface area contributed by atoms with Crippen LogP contribution < -0.4 is 39.5 Å². The quantitative estimate of drug-likeness (QED) is 0.305. The van der Waals surface area contributed by atoms with E-state index in [0.717, 1.165) is 0 Å². The molecular formula is C13H8N3NaO5. The van der Waals surface area contributed by atoms with Crippen molar-refractivity contribution >= 4 is 17.3 Å². The van der Waals surface area contributed by atoms with E-state index in [0.29, 0.717) is 0 Å². The Morgan fingerprint density at radius 1 is 1.09 bits per heavy atom. The smallest absolute Gasteiger partial charge is 0.545 e. The minimum Gasteiger partial charge on any atom is -0.545 e. The van der Waals surface area contributed by atoms with Crippen molar-refractivity contribution < 1.29 is 49.2 Å². The van der Waals surface area contributed by atoms with Gasteiger partial charge in [-0.25, -0.2) is 0 Å². The van der Waals surface area contributed by atoms with Crippen molar-refractivity contribution in [3.05, 3.63) is 64.2 Å². The monoisotopic (exact) mass is 309 g/mol. The molecule has 0 radical (unpaired) electrons. The zero-order valence-corrected chi connectivity index (χ0v) is 13.5. The van der Waals surface area contributed by atoms with Gasteiger partial charge in [-0.2, -0.15) is 0 Å². The molecule has 106 valence electrons. The third kappa shape index (κ3) is 4.35. The molecule has 2 aromatic carbocycles. The Balaban J connectivity index is 0.00000242. The first-order valence-electron chi connectivity index (χ1n) is 5.71. The van der Waals surface area contributed by atoms with Gasteiger partial charge in [-0.1, -0.05) is 24.3 Å². The van der Waals surface area contributed by atoms with Gasteiger partial charge in [0.25, 0.3) is 5.69 Å². The first-order valence-corrected chi connectivity index (χ1v) is 5.71. The van der Waals surface area contributed by atoms with Crippen molar-refractivity contribution in [3.8, 4) is 5.75 Å². The molecule has 0 aliphatic rings. The predicted molar refractivity (Wildman–Crippen MR) is 69.0 cm³/mol. The van der Waals surface area contributed by atoms with E-state index in [2.05, 4.69) is 10.4 Å². The van der Waals surface area contributed by atoms with Crippen LogP contribution >= 0.6 is 0 Å². The van der Waals surface area contributed by atoms with Gasteiger partial charge in [0.1, 0.15) is 0 Å². The topological polar surface area (TPSA) is 117 Å². The summed E-state index contributed by atoms with van der Waals surface area (Å²) in [5.74, 6) is -1.49. The van der Waals surface area contributed by atoms with E-state index in [9.17, 15) is 20.0 Å². The second-order valence-corrected chi connectivity index (χ2v) is 3.80. The molecule has 9 heteroatoms. The average molecular weight is 309 g/mol. The van der Waals surface area contributed by atoms with E-state index in [4.69, 9.17) is 4.84 Å². The number of carboxylic acids is 1. The number of nitro groups is 1. The van der Waals surface area contributed by atoms with E-state index in [1.165, 1.54) is 36.4 Å². The van der Waals surface area contributed by atoms with Crippen LogP contribution in [-0.2, 0) is 0 Å². The molecule has 8 nitrogen and oxygen atoms in total. The number of hydrogen-bond donors (Lipinski definition) is 0. The molecule has 2 aromatic rings. The maximum Gasteiger partial charge on any atom is 1.00 e. The minimum atomic E-state index is -1.42. The fourth-order valence-corrected chi connectivity index (χ4v) is 1.53. The summed E-state index contributed by atoms with van der Waals surface area (Å²) < 4.78 is 0. The van der Waals surface area contributed by atoms with E-state index >= 15 is 0 Å². The zero-order valence-electron chi connectivity index (χ0n) is 11.5. The van der Waals surface area contributed by atoms with E-state index < -0.39 is 10.9 Å². The Morgan fingerprint density at radius 3 is 2.41 bits per heavy atom. The zero-order chi connectivity index (χ0) is 15.2. The van der Waals surface area contributed by atoms with Gasteiger partial charge < -0.3 is 14.7 Å². The molecule has 0 saturated carbocycles. The molecule has 0 atom stereocenters. The van der Waals surface area contributed by atoms with Crippen LogP contribution in [0.1, 0.15) is 10.4 Å². The number of hydrogen-bond acceptors (Lipinski definition) is 7. The summed E-state index contributed by atoms with van der Waals surface area (Å²) in [5, 5.41) is 28.5. The van der Waals surface area contributed by atoms with E-state index in [-0.39, 0.29) is 52.2 Å². The van der Waals surface area contributed by atoms with Gasteiger partial charge in [-0.05, 0) is 18.2 Å².